The molecule has 2 rings (SSSR count). The minimum absolute atomic E-state index is 0.0661. The highest BCUT2D eigenvalue weighted by Crippen LogP contribution is 2.27. The summed E-state index contributed by atoms with van der Waals surface area (Å²) in [6.07, 6.45) is 4.51. The first-order valence-corrected chi connectivity index (χ1v) is 7.34. The van der Waals surface area contributed by atoms with Gasteiger partial charge >= 0.3 is 12.0 Å². The maximum Gasteiger partial charge on any atom is 0.326 e. The minimum Gasteiger partial charge on any atom is -0.480 e. The quantitative estimate of drug-likeness (QED) is 0.835. The van der Waals surface area contributed by atoms with Gasteiger partial charge in [-0.1, -0.05) is 13.8 Å². The van der Waals surface area contributed by atoms with Crippen LogP contribution in [-0.4, -0.2) is 52.1 Å². The molecule has 0 aromatic carbocycles. The summed E-state index contributed by atoms with van der Waals surface area (Å²) in [5.41, 5.74) is 0. The molecule has 1 N–H and O–H groups in total. The lowest BCUT2D eigenvalue weighted by molar-refractivity contribution is -0.144. The number of hydrogen-bond acceptors (Lipinski definition) is 2. The fourth-order valence-corrected chi connectivity index (χ4v) is 3.28. The van der Waals surface area contributed by atoms with Crippen molar-refractivity contribution in [1.82, 2.24) is 9.80 Å². The van der Waals surface area contributed by atoms with Gasteiger partial charge in [0.25, 0.3) is 0 Å². The molecule has 0 spiro atoms. The maximum atomic E-state index is 12.6. The van der Waals surface area contributed by atoms with Crippen molar-refractivity contribution < 1.29 is 14.7 Å². The summed E-state index contributed by atoms with van der Waals surface area (Å²) in [7, 11) is 0. The van der Waals surface area contributed by atoms with E-state index >= 15 is 0 Å². The van der Waals surface area contributed by atoms with Crippen molar-refractivity contribution in [3.63, 3.8) is 0 Å². The van der Waals surface area contributed by atoms with Gasteiger partial charge in [0.2, 0.25) is 0 Å². The first-order valence-electron chi connectivity index (χ1n) is 7.34. The molecule has 0 aromatic heterocycles. The molecule has 2 heterocycles. The fourth-order valence-electron chi connectivity index (χ4n) is 3.28. The number of nitrogens with zero attached hydrogens (tertiary/aromatic N) is 2. The van der Waals surface area contributed by atoms with Crippen LogP contribution in [0, 0.1) is 5.92 Å². The van der Waals surface area contributed by atoms with Crippen molar-refractivity contribution >= 4 is 12.0 Å². The van der Waals surface area contributed by atoms with Crippen LogP contribution < -0.4 is 0 Å². The van der Waals surface area contributed by atoms with Gasteiger partial charge in [0, 0.05) is 19.1 Å². The summed E-state index contributed by atoms with van der Waals surface area (Å²) in [4.78, 5) is 27.4. The number of urea groups is 1. The van der Waals surface area contributed by atoms with Gasteiger partial charge in [0.1, 0.15) is 6.04 Å². The Morgan fingerprint density at radius 3 is 2.58 bits per heavy atom. The number of carboxylic acid groups (broad SMARTS) is 1. The number of rotatable bonds is 2. The van der Waals surface area contributed by atoms with Crippen LogP contribution in [0.2, 0.25) is 0 Å². The van der Waals surface area contributed by atoms with Gasteiger partial charge in [-0.15, -0.1) is 0 Å². The third kappa shape index (κ3) is 2.85. The topological polar surface area (TPSA) is 60.9 Å². The highest BCUT2D eigenvalue weighted by atomic mass is 16.4. The van der Waals surface area contributed by atoms with Crippen molar-refractivity contribution in [2.24, 2.45) is 5.92 Å². The highest BCUT2D eigenvalue weighted by Gasteiger charge is 2.39. The first kappa shape index (κ1) is 14.2. The normalized spacial score (nSPS) is 31.6. The molecule has 3 atom stereocenters. The molecule has 19 heavy (non-hydrogen) atoms. The molecule has 2 aliphatic heterocycles. The summed E-state index contributed by atoms with van der Waals surface area (Å²) in [6.45, 7) is 5.49. The third-order valence-electron chi connectivity index (χ3n) is 4.49. The van der Waals surface area contributed by atoms with Crippen molar-refractivity contribution in [1.29, 1.82) is 0 Å². The Hall–Kier alpha value is -1.26. The van der Waals surface area contributed by atoms with Crippen molar-refractivity contribution in [2.45, 2.75) is 58.0 Å². The molecule has 108 valence electrons. The SMILES string of the molecule is CCC1CCCN1C(=O)N1CCC(C)CC1C(=O)O. The number of aliphatic carboxylic acids is 1. The molecule has 2 saturated heterocycles. The Morgan fingerprint density at radius 2 is 1.95 bits per heavy atom. The van der Waals surface area contributed by atoms with E-state index in [4.69, 9.17) is 0 Å². The molecule has 5 nitrogen and oxygen atoms in total. The summed E-state index contributed by atoms with van der Waals surface area (Å²) in [5, 5.41) is 9.33. The van der Waals surface area contributed by atoms with Crippen LogP contribution in [0.15, 0.2) is 0 Å². The summed E-state index contributed by atoms with van der Waals surface area (Å²) >= 11 is 0. The summed E-state index contributed by atoms with van der Waals surface area (Å²) in [5.74, 6) is -0.488. The molecular weight excluding hydrogens is 244 g/mol. The second kappa shape index (κ2) is 5.80. The molecule has 0 saturated carbocycles. The van der Waals surface area contributed by atoms with E-state index < -0.39 is 12.0 Å². The average molecular weight is 268 g/mol. The van der Waals surface area contributed by atoms with Gasteiger partial charge in [-0.2, -0.15) is 0 Å². The zero-order valence-electron chi connectivity index (χ0n) is 11.8. The lowest BCUT2D eigenvalue weighted by Crippen LogP contribution is -2.55. The Morgan fingerprint density at radius 1 is 1.21 bits per heavy atom. The number of piperidine rings is 1. The van der Waals surface area contributed by atoms with Crippen LogP contribution >= 0.6 is 0 Å². The Labute approximate surface area is 114 Å². The number of carbonyl (C=O) groups excluding carboxylic acids is 1. The van der Waals surface area contributed by atoms with Gasteiger partial charge in [0.15, 0.2) is 0 Å². The number of hydrogen-bond donors (Lipinski definition) is 1. The van der Waals surface area contributed by atoms with E-state index in [1.54, 1.807) is 4.90 Å². The standard InChI is InChI=1S/C14H24N2O3/c1-3-11-5-4-7-15(11)14(19)16-8-6-10(2)9-12(16)13(17)18/h10-12H,3-9H2,1-2H3,(H,17,18). The van der Waals surface area contributed by atoms with Crippen LogP contribution in [0.1, 0.15) is 46.0 Å². The lowest BCUT2D eigenvalue weighted by atomic mass is 9.92. The Bertz CT molecular complexity index is 359. The summed E-state index contributed by atoms with van der Waals surface area (Å²) < 4.78 is 0. The van der Waals surface area contributed by atoms with Crippen LogP contribution in [0.5, 0.6) is 0 Å². The third-order valence-corrected chi connectivity index (χ3v) is 4.49. The van der Waals surface area contributed by atoms with E-state index in [2.05, 4.69) is 13.8 Å². The molecule has 2 aliphatic rings. The highest BCUT2D eigenvalue weighted by molar-refractivity contribution is 5.83. The fraction of sp³-hybridized carbons (Fsp3) is 0.857. The van der Waals surface area contributed by atoms with Crippen LogP contribution in [0.3, 0.4) is 0 Å². The number of carboxylic acids is 1. The molecule has 0 radical (unpaired) electrons. The van der Waals surface area contributed by atoms with Gasteiger partial charge in [-0.25, -0.2) is 9.59 Å². The van der Waals surface area contributed by atoms with Gasteiger partial charge < -0.3 is 14.9 Å². The molecule has 0 aromatic rings. The number of carbonyl (C=O) groups is 2. The zero-order valence-corrected chi connectivity index (χ0v) is 11.8. The molecule has 3 unspecified atom stereocenters. The van der Waals surface area contributed by atoms with E-state index in [0.29, 0.717) is 24.9 Å². The van der Waals surface area contributed by atoms with Crippen molar-refractivity contribution in [2.75, 3.05) is 13.1 Å². The van der Waals surface area contributed by atoms with E-state index in [1.165, 1.54) is 0 Å². The minimum atomic E-state index is -0.868. The van der Waals surface area contributed by atoms with E-state index in [1.807, 2.05) is 4.90 Å². The van der Waals surface area contributed by atoms with Crippen molar-refractivity contribution in [3.8, 4) is 0 Å². The monoisotopic (exact) mass is 268 g/mol. The smallest absolute Gasteiger partial charge is 0.326 e. The lowest BCUT2D eigenvalue weighted by Gasteiger charge is -2.39. The van der Waals surface area contributed by atoms with E-state index in [-0.39, 0.29) is 6.03 Å². The molecule has 2 amide bonds. The van der Waals surface area contributed by atoms with Gasteiger partial charge in [-0.05, 0) is 38.0 Å². The van der Waals surface area contributed by atoms with Crippen LogP contribution in [0.25, 0.3) is 0 Å². The number of amides is 2. The van der Waals surface area contributed by atoms with Crippen LogP contribution in [0.4, 0.5) is 4.79 Å². The predicted molar refractivity (Wildman–Crippen MR) is 71.9 cm³/mol. The van der Waals surface area contributed by atoms with Gasteiger partial charge in [-0.3, -0.25) is 0 Å². The molecule has 2 fully saturated rings. The summed E-state index contributed by atoms with van der Waals surface area (Å²) in [6, 6.07) is -0.417. The molecule has 0 aliphatic carbocycles. The molecule has 5 heteroatoms. The Kier molecular flexibility index (Phi) is 4.32. The molecule has 0 bridgehead atoms. The van der Waals surface area contributed by atoms with E-state index in [0.717, 1.165) is 32.2 Å². The van der Waals surface area contributed by atoms with Crippen molar-refractivity contribution in [3.05, 3.63) is 0 Å². The first-order chi connectivity index (χ1) is 9.04. The largest absolute Gasteiger partial charge is 0.480 e. The second-order valence-electron chi connectivity index (χ2n) is 5.86. The van der Waals surface area contributed by atoms with E-state index in [9.17, 15) is 14.7 Å². The average Bonchev–Trinajstić information content (AvgIpc) is 2.86. The van der Waals surface area contributed by atoms with Crippen LogP contribution in [-0.2, 0) is 4.79 Å². The Balaban J connectivity index is 2.10. The number of likely N-dealkylation sites (tertiary alicyclic amines) is 2. The maximum absolute atomic E-state index is 12.6. The molecular formula is C14H24N2O3. The second-order valence-corrected chi connectivity index (χ2v) is 5.86. The zero-order chi connectivity index (χ0) is 14.0. The predicted octanol–water partition coefficient (Wildman–Crippen LogP) is 2.17. The van der Waals surface area contributed by atoms with Gasteiger partial charge in [0.05, 0.1) is 0 Å².